The van der Waals surface area contributed by atoms with Gasteiger partial charge in [0.15, 0.2) is 0 Å². The smallest absolute Gasteiger partial charge is 0.305 e. The van der Waals surface area contributed by atoms with E-state index in [1.54, 1.807) is 13.0 Å². The molecule has 0 aromatic heterocycles. The van der Waals surface area contributed by atoms with E-state index in [2.05, 4.69) is 6.92 Å². The Kier molecular flexibility index (Phi) is 4.18. The van der Waals surface area contributed by atoms with Gasteiger partial charge in [0.05, 0.1) is 9.82 Å². The van der Waals surface area contributed by atoms with Crippen molar-refractivity contribution in [2.45, 2.75) is 37.3 Å². The lowest BCUT2D eigenvalue weighted by molar-refractivity contribution is -0.386. The van der Waals surface area contributed by atoms with Crippen molar-refractivity contribution < 1.29 is 4.92 Å². The second kappa shape index (κ2) is 5.21. The first-order valence-corrected chi connectivity index (χ1v) is 6.05. The standard InChI is InChI=1S/C11H16N2O2S/c1-4-8(3)16-9-6-5-7(2)10(12)11(9)13(14)15/h5-6,8H,4,12H2,1-3H3. The summed E-state index contributed by atoms with van der Waals surface area (Å²) in [6.07, 6.45) is 0.968. The van der Waals surface area contributed by atoms with Crippen LogP contribution < -0.4 is 5.73 Å². The fourth-order valence-electron chi connectivity index (χ4n) is 1.27. The molecule has 0 spiro atoms. The van der Waals surface area contributed by atoms with E-state index in [0.29, 0.717) is 10.1 Å². The lowest BCUT2D eigenvalue weighted by Crippen LogP contribution is -2.01. The molecule has 0 bridgehead atoms. The minimum atomic E-state index is -0.396. The molecule has 0 saturated carbocycles. The van der Waals surface area contributed by atoms with E-state index in [0.717, 1.165) is 12.0 Å². The highest BCUT2D eigenvalue weighted by molar-refractivity contribution is 8.00. The number of thioether (sulfide) groups is 1. The number of hydrogen-bond donors (Lipinski definition) is 1. The van der Waals surface area contributed by atoms with Crippen LogP contribution >= 0.6 is 11.8 Å². The SMILES string of the molecule is CCC(C)Sc1ccc(C)c(N)c1[N+](=O)[O-]. The molecule has 0 aliphatic heterocycles. The van der Waals surface area contributed by atoms with Crippen molar-refractivity contribution in [3.05, 3.63) is 27.8 Å². The van der Waals surface area contributed by atoms with Gasteiger partial charge in [-0.3, -0.25) is 10.1 Å². The van der Waals surface area contributed by atoms with E-state index in [-0.39, 0.29) is 11.4 Å². The van der Waals surface area contributed by atoms with Crippen LogP contribution in [0.5, 0.6) is 0 Å². The zero-order valence-corrected chi connectivity index (χ0v) is 10.5. The minimum absolute atomic E-state index is 0.0466. The van der Waals surface area contributed by atoms with Gasteiger partial charge in [-0.2, -0.15) is 0 Å². The molecular formula is C11H16N2O2S. The van der Waals surface area contributed by atoms with Gasteiger partial charge in [-0.05, 0) is 25.0 Å². The average Bonchev–Trinajstić information content (AvgIpc) is 2.23. The highest BCUT2D eigenvalue weighted by Gasteiger charge is 2.21. The Hall–Kier alpha value is -1.23. The van der Waals surface area contributed by atoms with Gasteiger partial charge in [-0.15, -0.1) is 11.8 Å². The first-order chi connectivity index (χ1) is 7.47. The number of benzene rings is 1. The van der Waals surface area contributed by atoms with Crippen LogP contribution in [0.2, 0.25) is 0 Å². The molecule has 1 aromatic carbocycles. The van der Waals surface area contributed by atoms with E-state index in [1.807, 2.05) is 13.0 Å². The van der Waals surface area contributed by atoms with Gasteiger partial charge in [0.1, 0.15) is 5.69 Å². The summed E-state index contributed by atoms with van der Waals surface area (Å²) in [6, 6.07) is 3.60. The van der Waals surface area contributed by atoms with E-state index in [1.165, 1.54) is 11.8 Å². The number of aryl methyl sites for hydroxylation is 1. The van der Waals surface area contributed by atoms with Crippen molar-refractivity contribution in [3.63, 3.8) is 0 Å². The van der Waals surface area contributed by atoms with E-state index in [4.69, 9.17) is 5.73 Å². The highest BCUT2D eigenvalue weighted by atomic mass is 32.2. The minimum Gasteiger partial charge on any atom is -0.393 e. The fourth-order valence-corrected chi connectivity index (χ4v) is 2.32. The molecule has 1 aromatic rings. The molecule has 0 heterocycles. The maximum absolute atomic E-state index is 11.0. The van der Waals surface area contributed by atoms with Crippen molar-refractivity contribution in [3.8, 4) is 0 Å². The fraction of sp³-hybridized carbons (Fsp3) is 0.455. The third kappa shape index (κ3) is 2.66. The number of nitrogens with zero attached hydrogens (tertiary/aromatic N) is 1. The van der Waals surface area contributed by atoms with Crippen molar-refractivity contribution in [1.82, 2.24) is 0 Å². The molecule has 1 unspecified atom stereocenters. The Morgan fingerprint density at radius 3 is 2.69 bits per heavy atom. The van der Waals surface area contributed by atoms with Gasteiger partial charge < -0.3 is 5.73 Å². The monoisotopic (exact) mass is 240 g/mol. The number of anilines is 1. The number of nitrogens with two attached hydrogens (primary N) is 1. The first kappa shape index (κ1) is 12.8. The number of rotatable bonds is 4. The Morgan fingerprint density at radius 2 is 2.19 bits per heavy atom. The molecule has 2 N–H and O–H groups in total. The summed E-state index contributed by atoms with van der Waals surface area (Å²) in [6.45, 7) is 5.88. The average molecular weight is 240 g/mol. The van der Waals surface area contributed by atoms with Crippen LogP contribution in [0.15, 0.2) is 17.0 Å². The first-order valence-electron chi connectivity index (χ1n) is 5.17. The zero-order chi connectivity index (χ0) is 12.3. The Labute approximate surface area is 99.4 Å². The van der Waals surface area contributed by atoms with Crippen LogP contribution in [-0.2, 0) is 0 Å². The molecule has 0 radical (unpaired) electrons. The molecule has 1 atom stereocenters. The Balaban J connectivity index is 3.18. The lowest BCUT2D eigenvalue weighted by Gasteiger charge is -2.10. The predicted octanol–water partition coefficient (Wildman–Crippen LogP) is 3.38. The summed E-state index contributed by atoms with van der Waals surface area (Å²) in [7, 11) is 0. The quantitative estimate of drug-likeness (QED) is 0.379. The lowest BCUT2D eigenvalue weighted by atomic mass is 10.2. The van der Waals surface area contributed by atoms with Crippen molar-refractivity contribution in [2.75, 3.05) is 5.73 Å². The maximum Gasteiger partial charge on any atom is 0.305 e. The normalized spacial score (nSPS) is 12.4. The van der Waals surface area contributed by atoms with Gasteiger partial charge in [-0.1, -0.05) is 19.9 Å². The van der Waals surface area contributed by atoms with Gasteiger partial charge in [0.2, 0.25) is 0 Å². The second-order valence-corrected chi connectivity index (χ2v) is 5.22. The van der Waals surface area contributed by atoms with E-state index in [9.17, 15) is 10.1 Å². The summed E-state index contributed by atoms with van der Waals surface area (Å²) < 4.78 is 0. The van der Waals surface area contributed by atoms with Crippen LogP contribution in [-0.4, -0.2) is 10.2 Å². The molecule has 16 heavy (non-hydrogen) atoms. The summed E-state index contributed by atoms with van der Waals surface area (Å²) in [5.74, 6) is 0. The van der Waals surface area contributed by atoms with Crippen LogP contribution in [0, 0.1) is 17.0 Å². The number of nitro groups is 1. The van der Waals surface area contributed by atoms with Gasteiger partial charge >= 0.3 is 5.69 Å². The maximum atomic E-state index is 11.0. The number of nitrogen functional groups attached to an aromatic ring is 1. The Morgan fingerprint density at radius 1 is 1.56 bits per heavy atom. The van der Waals surface area contributed by atoms with Crippen molar-refractivity contribution in [2.24, 2.45) is 0 Å². The van der Waals surface area contributed by atoms with Gasteiger partial charge in [0, 0.05) is 5.25 Å². The molecule has 0 amide bonds. The van der Waals surface area contributed by atoms with Crippen molar-refractivity contribution >= 4 is 23.1 Å². The topological polar surface area (TPSA) is 69.2 Å². The highest BCUT2D eigenvalue weighted by Crippen LogP contribution is 2.38. The van der Waals surface area contributed by atoms with Crippen molar-refractivity contribution in [1.29, 1.82) is 0 Å². The molecule has 0 saturated heterocycles. The number of nitro benzene ring substituents is 1. The summed E-state index contributed by atoms with van der Waals surface area (Å²) in [5, 5.41) is 11.3. The molecule has 1 rings (SSSR count). The predicted molar refractivity (Wildman–Crippen MR) is 67.9 cm³/mol. The molecule has 88 valence electrons. The van der Waals surface area contributed by atoms with E-state index < -0.39 is 4.92 Å². The molecule has 0 fully saturated rings. The van der Waals surface area contributed by atoms with Gasteiger partial charge in [0.25, 0.3) is 0 Å². The summed E-state index contributed by atoms with van der Waals surface area (Å²) in [4.78, 5) is 11.2. The van der Waals surface area contributed by atoms with Crippen LogP contribution in [0.4, 0.5) is 11.4 Å². The summed E-state index contributed by atoms with van der Waals surface area (Å²) >= 11 is 1.50. The van der Waals surface area contributed by atoms with Crippen LogP contribution in [0.1, 0.15) is 25.8 Å². The molecule has 5 heteroatoms. The second-order valence-electron chi connectivity index (χ2n) is 3.74. The molecule has 4 nitrogen and oxygen atoms in total. The third-order valence-corrected chi connectivity index (χ3v) is 3.80. The van der Waals surface area contributed by atoms with Gasteiger partial charge in [-0.25, -0.2) is 0 Å². The molecule has 0 aliphatic rings. The van der Waals surface area contributed by atoms with Crippen LogP contribution in [0.25, 0.3) is 0 Å². The van der Waals surface area contributed by atoms with Crippen LogP contribution in [0.3, 0.4) is 0 Å². The summed E-state index contributed by atoms with van der Waals surface area (Å²) in [5.41, 5.74) is 6.82. The number of hydrogen-bond acceptors (Lipinski definition) is 4. The molecule has 0 aliphatic carbocycles. The zero-order valence-electron chi connectivity index (χ0n) is 9.69. The third-order valence-electron chi connectivity index (χ3n) is 2.48. The molecular weight excluding hydrogens is 224 g/mol. The largest absolute Gasteiger partial charge is 0.393 e. The Bertz CT molecular complexity index is 407. The van der Waals surface area contributed by atoms with E-state index >= 15 is 0 Å².